The van der Waals surface area contributed by atoms with Gasteiger partial charge in [0.2, 0.25) is 0 Å². The third-order valence-corrected chi connectivity index (χ3v) is 5.30. The van der Waals surface area contributed by atoms with Crippen molar-refractivity contribution in [2.24, 2.45) is 0 Å². The lowest BCUT2D eigenvalue weighted by atomic mass is 10.0. The fourth-order valence-corrected chi connectivity index (χ4v) is 3.37. The van der Waals surface area contributed by atoms with Gasteiger partial charge in [-0.1, -0.05) is 19.3 Å². The molecule has 0 N–H and O–H groups in total. The molecule has 108 valence electrons. The molecule has 1 aliphatic rings. The van der Waals surface area contributed by atoms with Crippen molar-refractivity contribution in [3.8, 4) is 0 Å². The van der Waals surface area contributed by atoms with Crippen molar-refractivity contribution in [3.05, 3.63) is 0 Å². The minimum Gasteiger partial charge on any atom is -0.743 e. The Kier molecular flexibility index (Phi) is 4.68. The zero-order valence-corrected chi connectivity index (χ0v) is 11.0. The number of rotatable bonds is 5. The maximum Gasteiger partial charge on any atom is 0.358 e. The van der Waals surface area contributed by atoms with Crippen LogP contribution in [-0.4, -0.2) is 38.5 Å². The molecule has 0 aromatic rings. The molecule has 18 heavy (non-hydrogen) atoms. The van der Waals surface area contributed by atoms with Crippen LogP contribution in [0.15, 0.2) is 0 Å². The summed E-state index contributed by atoms with van der Waals surface area (Å²) in [6.07, 6.45) is 2.72. The lowest BCUT2D eigenvalue weighted by Gasteiger charge is -2.23. The first kappa shape index (κ1) is 15.7. The van der Waals surface area contributed by atoms with Gasteiger partial charge in [-0.3, -0.25) is 4.18 Å². The number of halogens is 2. The van der Waals surface area contributed by atoms with Crippen LogP contribution in [0.1, 0.15) is 32.1 Å². The predicted molar refractivity (Wildman–Crippen MR) is 56.4 cm³/mol. The highest BCUT2D eigenvalue weighted by molar-refractivity contribution is 7.88. The molecule has 0 amide bonds. The van der Waals surface area contributed by atoms with Gasteiger partial charge in [0.1, 0.15) is 6.61 Å². The molecule has 1 aliphatic carbocycles. The van der Waals surface area contributed by atoms with Gasteiger partial charge in [0.05, 0.1) is 5.25 Å². The second-order valence-corrected chi connectivity index (χ2v) is 7.50. The third-order valence-electron chi connectivity index (χ3n) is 2.72. The number of alkyl halides is 2. The summed E-state index contributed by atoms with van der Waals surface area (Å²) in [5, 5.41) is -5.65. The molecule has 0 unspecified atom stereocenters. The van der Waals surface area contributed by atoms with E-state index in [1.807, 2.05) is 0 Å². The first-order valence-electron chi connectivity index (χ1n) is 5.28. The maximum absolute atomic E-state index is 12.7. The van der Waals surface area contributed by atoms with Crippen LogP contribution in [-0.2, 0) is 24.4 Å². The minimum absolute atomic E-state index is 0.290. The number of hydrogen-bond donors (Lipinski definition) is 0. The van der Waals surface area contributed by atoms with Gasteiger partial charge in [0, 0.05) is 0 Å². The van der Waals surface area contributed by atoms with E-state index in [1.54, 1.807) is 0 Å². The molecule has 1 fully saturated rings. The molecule has 0 radical (unpaired) electrons. The van der Waals surface area contributed by atoms with E-state index in [2.05, 4.69) is 4.18 Å². The first-order valence-corrected chi connectivity index (χ1v) is 8.16. The van der Waals surface area contributed by atoms with E-state index in [9.17, 15) is 30.2 Å². The standard InChI is InChI=1S/C8H14F2O6S2/c9-8(10,18(13,14)15)6-16-17(11,12)7-4-2-1-3-5-7/h7H,1-6H2,(H,13,14,15)/p-1. The van der Waals surface area contributed by atoms with E-state index in [1.165, 1.54) is 0 Å². The Morgan fingerprint density at radius 3 is 2.06 bits per heavy atom. The molecule has 6 nitrogen and oxygen atoms in total. The second-order valence-electron chi connectivity index (χ2n) is 4.11. The topological polar surface area (TPSA) is 101 Å². The zero-order valence-electron chi connectivity index (χ0n) is 9.34. The fourth-order valence-electron chi connectivity index (χ4n) is 1.67. The van der Waals surface area contributed by atoms with Gasteiger partial charge >= 0.3 is 5.25 Å². The van der Waals surface area contributed by atoms with Crippen LogP contribution >= 0.6 is 0 Å². The van der Waals surface area contributed by atoms with E-state index >= 15 is 0 Å². The summed E-state index contributed by atoms with van der Waals surface area (Å²) in [7, 11) is -10.2. The van der Waals surface area contributed by atoms with Crippen molar-refractivity contribution in [1.82, 2.24) is 0 Å². The summed E-state index contributed by atoms with van der Waals surface area (Å²) in [6, 6.07) is 0. The Morgan fingerprint density at radius 2 is 1.61 bits per heavy atom. The molecule has 0 atom stereocenters. The van der Waals surface area contributed by atoms with E-state index in [4.69, 9.17) is 0 Å². The largest absolute Gasteiger partial charge is 0.743 e. The van der Waals surface area contributed by atoms with Crippen molar-refractivity contribution in [2.75, 3.05) is 6.61 Å². The van der Waals surface area contributed by atoms with Crippen molar-refractivity contribution in [3.63, 3.8) is 0 Å². The van der Waals surface area contributed by atoms with Gasteiger partial charge in [-0.05, 0) is 12.8 Å². The van der Waals surface area contributed by atoms with Gasteiger partial charge < -0.3 is 4.55 Å². The molecular formula is C8H13F2O6S2-. The SMILES string of the molecule is O=S(=O)(OCC(F)(F)S(=O)(=O)[O-])C1CCCCC1. The van der Waals surface area contributed by atoms with Gasteiger partial charge in [-0.15, -0.1) is 0 Å². The van der Waals surface area contributed by atoms with Crippen LogP contribution in [0.5, 0.6) is 0 Å². The maximum atomic E-state index is 12.7. The van der Waals surface area contributed by atoms with Crippen LogP contribution in [0, 0.1) is 0 Å². The molecule has 10 heteroatoms. The molecule has 0 bridgehead atoms. The average Bonchev–Trinajstić information content (AvgIpc) is 2.26. The van der Waals surface area contributed by atoms with Crippen molar-refractivity contribution in [2.45, 2.75) is 42.6 Å². The smallest absolute Gasteiger partial charge is 0.358 e. The monoisotopic (exact) mass is 307 g/mol. The van der Waals surface area contributed by atoms with Gasteiger partial charge in [0.15, 0.2) is 10.1 Å². The lowest BCUT2D eigenvalue weighted by molar-refractivity contribution is 0.0295. The first-order chi connectivity index (χ1) is 8.06. The molecule has 1 rings (SSSR count). The summed E-state index contributed by atoms with van der Waals surface area (Å²) < 4.78 is 83.0. The van der Waals surface area contributed by atoms with E-state index in [0.29, 0.717) is 12.8 Å². The molecule has 0 aromatic carbocycles. The summed E-state index contributed by atoms with van der Waals surface area (Å²) in [5.74, 6) is 0. The van der Waals surface area contributed by atoms with Crippen LogP contribution in [0.4, 0.5) is 8.78 Å². The quantitative estimate of drug-likeness (QED) is 0.550. The normalized spacial score (nSPS) is 19.9. The van der Waals surface area contributed by atoms with Crippen molar-refractivity contribution < 1.29 is 34.4 Å². The van der Waals surface area contributed by atoms with Crippen molar-refractivity contribution in [1.29, 1.82) is 0 Å². The Bertz CT molecular complexity index is 478. The molecule has 0 aliphatic heterocycles. The van der Waals surface area contributed by atoms with Crippen LogP contribution < -0.4 is 0 Å². The van der Waals surface area contributed by atoms with Crippen molar-refractivity contribution >= 4 is 20.2 Å². The van der Waals surface area contributed by atoms with Crippen LogP contribution in [0.25, 0.3) is 0 Å². The van der Waals surface area contributed by atoms with Crippen LogP contribution in [0.3, 0.4) is 0 Å². The summed E-state index contributed by atoms with van der Waals surface area (Å²) in [5.41, 5.74) is 0. The molecule has 0 aromatic heterocycles. The Morgan fingerprint density at radius 1 is 1.11 bits per heavy atom. The Labute approximate surface area is 104 Å². The van der Waals surface area contributed by atoms with E-state index in [-0.39, 0.29) is 12.8 Å². The molecule has 0 heterocycles. The Hall–Kier alpha value is -0.320. The highest BCUT2D eigenvalue weighted by atomic mass is 32.2. The van der Waals surface area contributed by atoms with E-state index in [0.717, 1.165) is 6.42 Å². The minimum atomic E-state index is -5.93. The predicted octanol–water partition coefficient (Wildman–Crippen LogP) is 0.803. The lowest BCUT2D eigenvalue weighted by Crippen LogP contribution is -2.37. The van der Waals surface area contributed by atoms with Crippen LogP contribution in [0.2, 0.25) is 0 Å². The molecule has 0 spiro atoms. The summed E-state index contributed by atoms with van der Waals surface area (Å²) >= 11 is 0. The van der Waals surface area contributed by atoms with Gasteiger partial charge in [0.25, 0.3) is 10.1 Å². The average molecular weight is 307 g/mol. The number of hydrogen-bond acceptors (Lipinski definition) is 6. The molecule has 0 saturated heterocycles. The second kappa shape index (κ2) is 5.35. The van der Waals surface area contributed by atoms with Gasteiger partial charge in [-0.25, -0.2) is 8.42 Å². The highest BCUT2D eigenvalue weighted by Crippen LogP contribution is 2.27. The fraction of sp³-hybridized carbons (Fsp3) is 1.00. The Balaban J connectivity index is 2.67. The van der Waals surface area contributed by atoms with E-state index < -0.39 is 37.3 Å². The highest BCUT2D eigenvalue weighted by Gasteiger charge is 2.41. The molecule has 1 saturated carbocycles. The molecular weight excluding hydrogens is 294 g/mol. The van der Waals surface area contributed by atoms with Gasteiger partial charge in [-0.2, -0.15) is 17.2 Å². The third kappa shape index (κ3) is 3.84. The zero-order chi connectivity index (χ0) is 14.0. The summed E-state index contributed by atoms with van der Waals surface area (Å²) in [4.78, 5) is 0. The summed E-state index contributed by atoms with van der Waals surface area (Å²) in [6.45, 7) is -1.96.